The van der Waals surface area contributed by atoms with Crippen molar-refractivity contribution in [2.24, 2.45) is 0 Å². The summed E-state index contributed by atoms with van der Waals surface area (Å²) < 4.78 is 29.4. The minimum absolute atomic E-state index is 0.00608. The molecule has 1 aliphatic heterocycles. The minimum atomic E-state index is -2.72. The zero-order valence-corrected chi connectivity index (χ0v) is 12.5. The van der Waals surface area contributed by atoms with Gasteiger partial charge in [0.2, 0.25) is 5.13 Å². The number of piperidine rings is 1. The van der Waals surface area contributed by atoms with Crippen molar-refractivity contribution in [3.63, 3.8) is 0 Å². The quantitative estimate of drug-likeness (QED) is 0.878. The maximum atomic E-state index is 12.4. The number of hydrogen-bond acceptors (Lipinski definition) is 6. The van der Waals surface area contributed by atoms with Gasteiger partial charge in [-0.3, -0.25) is 5.32 Å². The van der Waals surface area contributed by atoms with Gasteiger partial charge in [0, 0.05) is 19.1 Å². The van der Waals surface area contributed by atoms with E-state index in [0.717, 1.165) is 6.42 Å². The van der Waals surface area contributed by atoms with Crippen molar-refractivity contribution in [2.45, 2.75) is 25.3 Å². The van der Waals surface area contributed by atoms with Crippen LogP contribution in [0.3, 0.4) is 0 Å². The smallest absolute Gasteiger partial charge is 0.409 e. The van der Waals surface area contributed by atoms with Gasteiger partial charge in [-0.2, -0.15) is 0 Å². The number of halogens is 2. The molecule has 122 valence electrons. The molecule has 2 heterocycles. The summed E-state index contributed by atoms with van der Waals surface area (Å²) in [5.74, 6) is 0. The Kier molecular flexibility index (Phi) is 5.41. The van der Waals surface area contributed by atoms with Crippen LogP contribution in [-0.2, 0) is 4.74 Å². The number of methoxy groups -OCH3 is 1. The van der Waals surface area contributed by atoms with E-state index in [1.807, 2.05) is 0 Å². The van der Waals surface area contributed by atoms with Gasteiger partial charge in [0.25, 0.3) is 6.43 Å². The van der Waals surface area contributed by atoms with Gasteiger partial charge < -0.3 is 15.0 Å². The summed E-state index contributed by atoms with van der Waals surface area (Å²) in [5.41, 5.74) is 0. The Labute approximate surface area is 128 Å². The number of likely N-dealkylation sites (tertiary alicyclic amines) is 1. The SMILES string of the molecule is COC(=O)N1CCCC(NC(=O)Nc2nnc(C(F)F)s2)C1. The Morgan fingerprint density at radius 3 is 2.86 bits per heavy atom. The number of carbonyl (C=O) groups is 2. The molecule has 3 amide bonds. The van der Waals surface area contributed by atoms with E-state index >= 15 is 0 Å². The number of alkyl halides is 2. The summed E-state index contributed by atoms with van der Waals surface area (Å²) in [6.07, 6.45) is -1.73. The lowest BCUT2D eigenvalue weighted by Crippen LogP contribution is -2.50. The van der Waals surface area contributed by atoms with E-state index in [0.29, 0.717) is 30.8 Å². The fourth-order valence-corrected chi connectivity index (χ4v) is 2.68. The lowest BCUT2D eigenvalue weighted by Gasteiger charge is -2.31. The van der Waals surface area contributed by atoms with Crippen molar-refractivity contribution in [1.82, 2.24) is 20.4 Å². The van der Waals surface area contributed by atoms with Crippen LogP contribution < -0.4 is 10.6 Å². The Balaban J connectivity index is 1.84. The highest BCUT2D eigenvalue weighted by atomic mass is 32.1. The van der Waals surface area contributed by atoms with E-state index in [4.69, 9.17) is 0 Å². The van der Waals surface area contributed by atoms with Gasteiger partial charge in [-0.25, -0.2) is 18.4 Å². The molecule has 0 radical (unpaired) electrons. The van der Waals surface area contributed by atoms with E-state index in [9.17, 15) is 18.4 Å². The van der Waals surface area contributed by atoms with Gasteiger partial charge >= 0.3 is 12.1 Å². The first-order chi connectivity index (χ1) is 10.5. The summed E-state index contributed by atoms with van der Waals surface area (Å²) in [4.78, 5) is 24.7. The summed E-state index contributed by atoms with van der Waals surface area (Å²) in [6.45, 7) is 0.902. The highest BCUT2D eigenvalue weighted by Gasteiger charge is 2.25. The molecule has 1 aromatic rings. The van der Waals surface area contributed by atoms with Crippen LogP contribution in [0.4, 0.5) is 23.5 Å². The molecule has 8 nitrogen and oxygen atoms in total. The highest BCUT2D eigenvalue weighted by molar-refractivity contribution is 7.15. The van der Waals surface area contributed by atoms with Gasteiger partial charge in [0.05, 0.1) is 7.11 Å². The summed E-state index contributed by atoms with van der Waals surface area (Å²) >= 11 is 0.612. The standard InChI is InChI=1S/C11H15F2N5O3S/c1-21-11(20)18-4-2-3-6(5-18)14-9(19)15-10-17-16-8(22-10)7(12)13/h6-7H,2-5H2,1H3,(H2,14,15,17,19). The fraction of sp³-hybridized carbons (Fsp3) is 0.636. The average Bonchev–Trinajstić information content (AvgIpc) is 2.95. The number of anilines is 1. The van der Waals surface area contributed by atoms with E-state index in [1.54, 1.807) is 0 Å². The zero-order chi connectivity index (χ0) is 16.1. The molecule has 1 aliphatic rings. The second-order valence-corrected chi connectivity index (χ2v) is 5.61. The molecule has 0 aromatic carbocycles. The van der Waals surface area contributed by atoms with Gasteiger partial charge in [0.15, 0.2) is 5.01 Å². The van der Waals surface area contributed by atoms with Gasteiger partial charge in [-0.1, -0.05) is 11.3 Å². The Hall–Kier alpha value is -2.04. The molecule has 1 fully saturated rings. The third-order valence-corrected chi connectivity index (χ3v) is 3.88. The Morgan fingerprint density at radius 1 is 1.45 bits per heavy atom. The van der Waals surface area contributed by atoms with Crippen LogP contribution in [0.1, 0.15) is 24.3 Å². The molecule has 22 heavy (non-hydrogen) atoms. The molecule has 0 spiro atoms. The molecule has 0 bridgehead atoms. The van der Waals surface area contributed by atoms with Crippen LogP contribution in [0, 0.1) is 0 Å². The Morgan fingerprint density at radius 2 is 2.23 bits per heavy atom. The molecule has 0 aliphatic carbocycles. The molecular formula is C11H15F2N5O3S. The average molecular weight is 335 g/mol. The third kappa shape index (κ3) is 4.23. The van der Waals surface area contributed by atoms with Crippen molar-refractivity contribution >= 4 is 28.6 Å². The Bertz CT molecular complexity index is 542. The lowest BCUT2D eigenvalue weighted by atomic mass is 10.1. The number of urea groups is 1. The first-order valence-electron chi connectivity index (χ1n) is 6.51. The van der Waals surface area contributed by atoms with E-state index in [1.165, 1.54) is 12.0 Å². The second kappa shape index (κ2) is 7.29. The number of amides is 3. The molecule has 1 saturated heterocycles. The third-order valence-electron chi connectivity index (χ3n) is 3.04. The molecule has 11 heteroatoms. The zero-order valence-electron chi connectivity index (χ0n) is 11.7. The summed E-state index contributed by atoms with van der Waals surface area (Å²) in [6, 6.07) is -0.816. The van der Waals surface area contributed by atoms with Gasteiger partial charge in [-0.15, -0.1) is 10.2 Å². The first-order valence-corrected chi connectivity index (χ1v) is 7.33. The van der Waals surface area contributed by atoms with E-state index in [-0.39, 0.29) is 11.2 Å². The van der Waals surface area contributed by atoms with Crippen LogP contribution in [0.5, 0.6) is 0 Å². The minimum Gasteiger partial charge on any atom is -0.453 e. The summed E-state index contributed by atoms with van der Waals surface area (Å²) in [5, 5.41) is 11.3. The molecule has 2 rings (SSSR count). The molecule has 1 atom stereocenters. The second-order valence-electron chi connectivity index (χ2n) is 4.60. The van der Waals surface area contributed by atoms with Crippen molar-refractivity contribution in [3.05, 3.63) is 5.01 Å². The topological polar surface area (TPSA) is 96.5 Å². The number of nitrogens with one attached hydrogen (secondary N) is 2. The molecule has 0 saturated carbocycles. The van der Waals surface area contributed by atoms with Crippen molar-refractivity contribution in [1.29, 1.82) is 0 Å². The van der Waals surface area contributed by atoms with Gasteiger partial charge in [-0.05, 0) is 12.8 Å². The number of aromatic nitrogens is 2. The van der Waals surface area contributed by atoms with Crippen molar-refractivity contribution in [2.75, 3.05) is 25.5 Å². The number of hydrogen-bond donors (Lipinski definition) is 2. The van der Waals surface area contributed by atoms with Crippen LogP contribution in [0.2, 0.25) is 0 Å². The predicted octanol–water partition coefficient (Wildman–Crippen LogP) is 1.83. The number of carbonyl (C=O) groups excluding carboxylic acids is 2. The summed E-state index contributed by atoms with van der Waals surface area (Å²) in [7, 11) is 1.29. The van der Waals surface area contributed by atoms with Crippen molar-refractivity contribution in [3.8, 4) is 0 Å². The van der Waals surface area contributed by atoms with Crippen LogP contribution >= 0.6 is 11.3 Å². The van der Waals surface area contributed by atoms with Crippen molar-refractivity contribution < 1.29 is 23.1 Å². The fourth-order valence-electron chi connectivity index (χ4n) is 2.08. The lowest BCUT2D eigenvalue weighted by molar-refractivity contribution is 0.108. The van der Waals surface area contributed by atoms with Crippen LogP contribution in [0.25, 0.3) is 0 Å². The first kappa shape index (κ1) is 16.3. The van der Waals surface area contributed by atoms with Crippen LogP contribution in [-0.4, -0.2) is 53.5 Å². The maximum absolute atomic E-state index is 12.4. The number of nitrogens with zero attached hydrogens (tertiary/aromatic N) is 3. The monoisotopic (exact) mass is 335 g/mol. The maximum Gasteiger partial charge on any atom is 0.409 e. The van der Waals surface area contributed by atoms with E-state index < -0.39 is 23.6 Å². The highest BCUT2D eigenvalue weighted by Crippen LogP contribution is 2.25. The number of ether oxygens (including phenoxy) is 1. The molecule has 1 aromatic heterocycles. The normalized spacial score (nSPS) is 18.2. The van der Waals surface area contributed by atoms with Crippen LogP contribution in [0.15, 0.2) is 0 Å². The van der Waals surface area contributed by atoms with E-state index in [2.05, 4.69) is 25.6 Å². The largest absolute Gasteiger partial charge is 0.453 e. The molecule has 2 N–H and O–H groups in total. The molecule has 1 unspecified atom stereocenters. The van der Waals surface area contributed by atoms with Gasteiger partial charge in [0.1, 0.15) is 0 Å². The predicted molar refractivity (Wildman–Crippen MR) is 74.0 cm³/mol. The molecular weight excluding hydrogens is 320 g/mol. The number of rotatable bonds is 3.